The largest absolute Gasteiger partial charge is 0.390 e. The molecule has 2 atom stereocenters. The molecule has 1 heterocycles. The highest BCUT2D eigenvalue weighted by Crippen LogP contribution is 2.25. The average Bonchev–Trinajstić information content (AvgIpc) is 2.63. The maximum atomic E-state index is 12.2. The highest BCUT2D eigenvalue weighted by Gasteiger charge is 2.31. The van der Waals surface area contributed by atoms with E-state index < -0.39 is 22.2 Å². The summed E-state index contributed by atoms with van der Waals surface area (Å²) in [5.74, 6) is 0. The number of hydrogen-bond acceptors (Lipinski definition) is 4. The van der Waals surface area contributed by atoms with Crippen LogP contribution in [0.1, 0.15) is 5.56 Å². The monoisotopic (exact) mass is 290 g/mol. The SMILES string of the molecule is Cc1cccc(Cl)c1S(=O)(=O)N[C@@H]1CNC[C@H]1O. The van der Waals surface area contributed by atoms with Gasteiger partial charge in [0.2, 0.25) is 10.0 Å². The summed E-state index contributed by atoms with van der Waals surface area (Å²) in [5, 5.41) is 12.7. The standard InChI is InChI=1S/C11H15ClN2O3S/c1-7-3-2-4-8(12)11(7)18(16,17)14-9-5-13-6-10(9)15/h2-4,9-10,13-15H,5-6H2,1H3/t9-,10-/m1/s1. The first-order valence-electron chi connectivity index (χ1n) is 5.58. The maximum absolute atomic E-state index is 12.2. The zero-order valence-electron chi connectivity index (χ0n) is 9.85. The number of halogens is 1. The zero-order valence-corrected chi connectivity index (χ0v) is 11.4. The van der Waals surface area contributed by atoms with Gasteiger partial charge in [-0.2, -0.15) is 0 Å². The van der Waals surface area contributed by atoms with E-state index in [0.717, 1.165) is 0 Å². The fourth-order valence-corrected chi connectivity index (χ4v) is 4.10. The maximum Gasteiger partial charge on any atom is 0.242 e. The molecule has 0 aliphatic carbocycles. The Hall–Kier alpha value is -0.660. The van der Waals surface area contributed by atoms with Crippen LogP contribution in [-0.2, 0) is 10.0 Å². The number of nitrogens with one attached hydrogen (secondary N) is 2. The van der Waals surface area contributed by atoms with Crippen LogP contribution in [0.2, 0.25) is 5.02 Å². The number of rotatable bonds is 3. The zero-order chi connectivity index (χ0) is 13.3. The van der Waals surface area contributed by atoms with Gasteiger partial charge in [-0.3, -0.25) is 0 Å². The van der Waals surface area contributed by atoms with Crippen LogP contribution < -0.4 is 10.0 Å². The molecule has 3 N–H and O–H groups in total. The Morgan fingerprint density at radius 2 is 2.17 bits per heavy atom. The Morgan fingerprint density at radius 3 is 2.72 bits per heavy atom. The fraction of sp³-hybridized carbons (Fsp3) is 0.455. The second-order valence-electron chi connectivity index (χ2n) is 4.34. The van der Waals surface area contributed by atoms with Crippen molar-refractivity contribution in [1.82, 2.24) is 10.0 Å². The third kappa shape index (κ3) is 2.67. The second-order valence-corrected chi connectivity index (χ2v) is 6.40. The van der Waals surface area contributed by atoms with Gasteiger partial charge in [0.15, 0.2) is 0 Å². The van der Waals surface area contributed by atoms with Crippen LogP contribution in [0, 0.1) is 6.92 Å². The number of hydrogen-bond donors (Lipinski definition) is 3. The molecule has 0 radical (unpaired) electrons. The van der Waals surface area contributed by atoms with Crippen molar-refractivity contribution < 1.29 is 13.5 Å². The second kappa shape index (κ2) is 5.14. The third-order valence-electron chi connectivity index (χ3n) is 2.92. The molecule has 1 aromatic rings. The molecule has 1 aliphatic heterocycles. The van der Waals surface area contributed by atoms with E-state index in [9.17, 15) is 13.5 Å². The van der Waals surface area contributed by atoms with E-state index in [1.165, 1.54) is 6.07 Å². The number of β-amino-alcohol motifs (C(OH)–C–C–N with tert-alkyl or cyclic N) is 1. The first-order valence-corrected chi connectivity index (χ1v) is 7.44. The minimum atomic E-state index is -3.72. The van der Waals surface area contributed by atoms with Crippen molar-refractivity contribution in [3.05, 3.63) is 28.8 Å². The van der Waals surface area contributed by atoms with Crippen LogP contribution in [0.4, 0.5) is 0 Å². The number of sulfonamides is 1. The minimum absolute atomic E-state index is 0.0748. The molecule has 1 aromatic carbocycles. The Bertz CT molecular complexity index is 527. The van der Waals surface area contributed by atoms with Gasteiger partial charge in [-0.05, 0) is 18.6 Å². The van der Waals surface area contributed by atoms with Crippen LogP contribution in [-0.4, -0.2) is 38.8 Å². The van der Waals surface area contributed by atoms with Crippen LogP contribution in [0.3, 0.4) is 0 Å². The van der Waals surface area contributed by atoms with Crippen LogP contribution in [0.5, 0.6) is 0 Å². The van der Waals surface area contributed by atoms with E-state index in [2.05, 4.69) is 10.0 Å². The molecule has 0 spiro atoms. The van der Waals surface area contributed by atoms with Crippen molar-refractivity contribution in [3.8, 4) is 0 Å². The summed E-state index contributed by atoms with van der Waals surface area (Å²) in [6.45, 7) is 2.47. The molecular formula is C11H15ClN2O3S. The van der Waals surface area contributed by atoms with Crippen LogP contribution in [0.15, 0.2) is 23.1 Å². The minimum Gasteiger partial charge on any atom is -0.390 e. The first-order chi connectivity index (χ1) is 8.42. The molecule has 1 fully saturated rings. The molecule has 100 valence electrons. The van der Waals surface area contributed by atoms with Crippen molar-refractivity contribution >= 4 is 21.6 Å². The number of aliphatic hydroxyl groups is 1. The van der Waals surface area contributed by atoms with Gasteiger partial charge >= 0.3 is 0 Å². The lowest BCUT2D eigenvalue weighted by Gasteiger charge is -2.17. The molecule has 18 heavy (non-hydrogen) atoms. The summed E-state index contributed by atoms with van der Waals surface area (Å²) >= 11 is 5.94. The molecule has 1 aliphatic rings. The Balaban J connectivity index is 2.31. The first kappa shape index (κ1) is 13.8. The van der Waals surface area contributed by atoms with Gasteiger partial charge in [0.1, 0.15) is 4.90 Å². The van der Waals surface area contributed by atoms with E-state index in [-0.39, 0.29) is 9.92 Å². The number of benzene rings is 1. The molecule has 2 rings (SSSR count). The predicted molar refractivity (Wildman–Crippen MR) is 69.2 cm³/mol. The highest BCUT2D eigenvalue weighted by atomic mass is 35.5. The van der Waals surface area contributed by atoms with Crippen molar-refractivity contribution in [1.29, 1.82) is 0 Å². The summed E-state index contributed by atoms with van der Waals surface area (Å²) in [7, 11) is -3.72. The van der Waals surface area contributed by atoms with Crippen molar-refractivity contribution in [2.45, 2.75) is 24.0 Å². The van der Waals surface area contributed by atoms with E-state index in [1.807, 2.05) is 0 Å². The van der Waals surface area contributed by atoms with E-state index >= 15 is 0 Å². The van der Waals surface area contributed by atoms with Crippen molar-refractivity contribution in [3.63, 3.8) is 0 Å². The van der Waals surface area contributed by atoms with Gasteiger partial charge in [0.05, 0.1) is 17.2 Å². The molecule has 1 saturated heterocycles. The quantitative estimate of drug-likeness (QED) is 0.746. The van der Waals surface area contributed by atoms with E-state index in [0.29, 0.717) is 18.7 Å². The van der Waals surface area contributed by atoms with Crippen LogP contribution >= 0.6 is 11.6 Å². The summed E-state index contributed by atoms with van der Waals surface area (Å²) in [6, 6.07) is 4.39. The predicted octanol–water partition coefficient (Wildman–Crippen LogP) is 0.259. The molecule has 7 heteroatoms. The summed E-state index contributed by atoms with van der Waals surface area (Å²) in [5.41, 5.74) is 0.579. The summed E-state index contributed by atoms with van der Waals surface area (Å²) < 4.78 is 27.0. The Morgan fingerprint density at radius 1 is 1.44 bits per heavy atom. The molecule has 0 unspecified atom stereocenters. The third-order valence-corrected chi connectivity index (χ3v) is 5.04. The van der Waals surface area contributed by atoms with Gasteiger partial charge < -0.3 is 10.4 Å². The molecule has 0 amide bonds. The lowest BCUT2D eigenvalue weighted by atomic mass is 10.2. The average molecular weight is 291 g/mol. The molecule has 5 nitrogen and oxygen atoms in total. The van der Waals surface area contributed by atoms with Gasteiger partial charge in [0, 0.05) is 13.1 Å². The summed E-state index contributed by atoms with van der Waals surface area (Å²) in [6.07, 6.45) is -0.720. The lowest BCUT2D eigenvalue weighted by Crippen LogP contribution is -2.42. The molecule has 0 aromatic heterocycles. The normalized spacial score (nSPS) is 24.4. The lowest BCUT2D eigenvalue weighted by molar-refractivity contribution is 0.172. The molecule has 0 bridgehead atoms. The number of aliphatic hydroxyl groups excluding tert-OH is 1. The molecule has 0 saturated carbocycles. The summed E-state index contributed by atoms with van der Waals surface area (Å²) in [4.78, 5) is 0.0748. The highest BCUT2D eigenvalue weighted by molar-refractivity contribution is 7.89. The van der Waals surface area contributed by atoms with Crippen molar-refractivity contribution in [2.24, 2.45) is 0 Å². The fourth-order valence-electron chi connectivity index (χ4n) is 2.00. The van der Waals surface area contributed by atoms with E-state index in [1.54, 1.807) is 19.1 Å². The molecular weight excluding hydrogens is 276 g/mol. The van der Waals surface area contributed by atoms with Gasteiger partial charge in [-0.25, -0.2) is 13.1 Å². The Labute approximate surface area is 111 Å². The van der Waals surface area contributed by atoms with Crippen molar-refractivity contribution in [2.75, 3.05) is 13.1 Å². The van der Waals surface area contributed by atoms with Gasteiger partial charge in [-0.1, -0.05) is 23.7 Å². The van der Waals surface area contributed by atoms with Gasteiger partial charge in [0.25, 0.3) is 0 Å². The van der Waals surface area contributed by atoms with E-state index in [4.69, 9.17) is 11.6 Å². The Kier molecular flexibility index (Phi) is 3.93. The van der Waals surface area contributed by atoms with Crippen LogP contribution in [0.25, 0.3) is 0 Å². The number of aryl methyl sites for hydroxylation is 1. The van der Waals surface area contributed by atoms with Gasteiger partial charge in [-0.15, -0.1) is 0 Å². The topological polar surface area (TPSA) is 78.4 Å². The smallest absolute Gasteiger partial charge is 0.242 e.